The summed E-state index contributed by atoms with van der Waals surface area (Å²) in [7, 11) is 0. The molecule has 0 bridgehead atoms. The third-order valence-electron chi connectivity index (χ3n) is 0.940. The van der Waals surface area contributed by atoms with Crippen molar-refractivity contribution in [1.82, 2.24) is 9.97 Å². The molecule has 1 rings (SSSR count). The van der Waals surface area contributed by atoms with E-state index < -0.39 is 3.79 Å². The predicted octanol–water partition coefficient (Wildman–Crippen LogP) is 2.97. The average Bonchev–Trinajstić information content (AvgIpc) is 1.86. The highest BCUT2D eigenvalue weighted by Gasteiger charge is 2.24. The van der Waals surface area contributed by atoms with Gasteiger partial charge in [0.05, 0.1) is 0 Å². The molecule has 0 aliphatic carbocycles. The minimum atomic E-state index is -1.53. The Labute approximate surface area is 83.5 Å². The normalized spacial score (nSPS) is 11.5. The maximum atomic E-state index is 5.52. The summed E-state index contributed by atoms with van der Waals surface area (Å²) in [5.74, 6) is 0.231. The number of aromatic nitrogens is 2. The second-order valence-electron chi connectivity index (χ2n) is 1.78. The van der Waals surface area contributed by atoms with Crippen molar-refractivity contribution in [2.24, 2.45) is 0 Å². The van der Waals surface area contributed by atoms with Crippen LogP contribution in [0.3, 0.4) is 0 Å². The van der Waals surface area contributed by atoms with Gasteiger partial charge in [-0.3, -0.25) is 0 Å². The van der Waals surface area contributed by atoms with Crippen LogP contribution < -0.4 is 0 Å². The predicted molar refractivity (Wildman–Crippen MR) is 48.7 cm³/mol. The van der Waals surface area contributed by atoms with Crippen LogP contribution in [-0.4, -0.2) is 9.97 Å². The summed E-state index contributed by atoms with van der Waals surface area (Å²) in [4.78, 5) is 6.45. The Morgan fingerprint density at radius 3 is 2.45 bits per heavy atom. The minimum absolute atomic E-state index is 0.231. The summed E-state index contributed by atoms with van der Waals surface area (Å²) in [5.41, 5.74) is 0. The van der Waals surface area contributed by atoms with Crippen molar-refractivity contribution in [2.75, 3.05) is 0 Å². The number of rotatable bonds is 0. The van der Waals surface area contributed by atoms with Gasteiger partial charge in [-0.2, -0.15) is 0 Å². The quantitative estimate of drug-likeness (QED) is 0.547. The topological polar surface area (TPSA) is 28.7 Å². The first-order chi connectivity index (χ1) is 5.00. The van der Waals surface area contributed by atoms with Crippen LogP contribution in [0.1, 0.15) is 5.82 Å². The fourth-order valence-corrected chi connectivity index (χ4v) is 0.960. The molecule has 0 aromatic carbocycles. The molecule has 0 aliphatic rings. The lowest BCUT2D eigenvalue weighted by atomic mass is 10.6. The summed E-state index contributed by atoms with van der Waals surface area (Å²) in [6.45, 7) is 0. The van der Waals surface area contributed by atoms with Crippen LogP contribution in [0.5, 0.6) is 0 Å². The van der Waals surface area contributed by atoms with Gasteiger partial charge in [0.1, 0.15) is 4.64 Å². The Balaban J connectivity index is 3.16. The van der Waals surface area contributed by atoms with Gasteiger partial charge >= 0.3 is 0 Å². The largest absolute Gasteiger partial charge is 0.331 e. The first-order valence-electron chi connectivity index (χ1n) is 2.62. The van der Waals surface area contributed by atoms with Crippen LogP contribution in [0.4, 0.5) is 0 Å². The Morgan fingerprint density at radius 2 is 2.09 bits per heavy atom. The summed E-state index contributed by atoms with van der Waals surface area (Å²) >= 11 is 21.4. The summed E-state index contributed by atoms with van der Waals surface area (Å²) in [6.07, 6.45) is 1.48. The number of nitrogens with zero attached hydrogens (tertiary/aromatic N) is 1. The molecular formula is C5H3Cl3N2S. The Bertz CT molecular complexity index is 303. The first kappa shape index (κ1) is 9.26. The molecule has 0 aliphatic heterocycles. The highest BCUT2D eigenvalue weighted by Crippen LogP contribution is 2.35. The van der Waals surface area contributed by atoms with Crippen molar-refractivity contribution < 1.29 is 0 Å². The molecule has 6 heteroatoms. The number of hydrogen-bond acceptors (Lipinski definition) is 2. The molecule has 2 nitrogen and oxygen atoms in total. The van der Waals surface area contributed by atoms with Crippen molar-refractivity contribution in [1.29, 1.82) is 0 Å². The third-order valence-corrected chi connectivity index (χ3v) is 1.71. The van der Waals surface area contributed by atoms with Gasteiger partial charge < -0.3 is 4.98 Å². The highest BCUT2D eigenvalue weighted by atomic mass is 35.6. The molecule has 1 N–H and O–H groups in total. The Morgan fingerprint density at radius 1 is 1.45 bits per heavy atom. The molecule has 0 spiro atoms. The van der Waals surface area contributed by atoms with Crippen molar-refractivity contribution in [2.45, 2.75) is 3.79 Å². The molecule has 60 valence electrons. The molecule has 0 saturated heterocycles. The molecule has 1 aromatic heterocycles. The van der Waals surface area contributed by atoms with Gasteiger partial charge in [0.15, 0.2) is 5.82 Å². The van der Waals surface area contributed by atoms with Crippen LogP contribution in [-0.2, 0) is 3.79 Å². The lowest BCUT2D eigenvalue weighted by Gasteiger charge is -2.08. The summed E-state index contributed by atoms with van der Waals surface area (Å²) in [5, 5.41) is 0. The van der Waals surface area contributed by atoms with Gasteiger partial charge in [-0.05, 0) is 6.07 Å². The van der Waals surface area contributed by atoms with Crippen molar-refractivity contribution >= 4 is 47.0 Å². The van der Waals surface area contributed by atoms with Gasteiger partial charge in [-0.15, -0.1) is 0 Å². The van der Waals surface area contributed by atoms with E-state index in [0.717, 1.165) is 0 Å². The highest BCUT2D eigenvalue weighted by molar-refractivity contribution is 7.71. The average molecular weight is 230 g/mol. The second kappa shape index (κ2) is 3.27. The van der Waals surface area contributed by atoms with E-state index in [-0.39, 0.29) is 5.82 Å². The van der Waals surface area contributed by atoms with E-state index in [1.807, 2.05) is 0 Å². The maximum absolute atomic E-state index is 5.52. The van der Waals surface area contributed by atoms with Crippen molar-refractivity contribution in [3.63, 3.8) is 0 Å². The summed E-state index contributed by atoms with van der Waals surface area (Å²) in [6, 6.07) is 1.61. The Hall–Kier alpha value is 0.170. The van der Waals surface area contributed by atoms with Gasteiger partial charge in [0.2, 0.25) is 3.79 Å². The number of nitrogens with one attached hydrogen (secondary N) is 1. The van der Waals surface area contributed by atoms with Crippen LogP contribution in [0.15, 0.2) is 12.3 Å². The van der Waals surface area contributed by atoms with E-state index in [0.29, 0.717) is 4.64 Å². The molecule has 1 aromatic rings. The van der Waals surface area contributed by atoms with Gasteiger partial charge in [-0.25, -0.2) is 4.98 Å². The zero-order valence-corrected chi connectivity index (χ0v) is 8.23. The van der Waals surface area contributed by atoms with Gasteiger partial charge in [0, 0.05) is 6.20 Å². The number of H-pyrrole nitrogens is 1. The summed E-state index contributed by atoms with van der Waals surface area (Å²) < 4.78 is -1.05. The van der Waals surface area contributed by atoms with Crippen LogP contribution in [0, 0.1) is 4.64 Å². The second-order valence-corrected chi connectivity index (χ2v) is 4.50. The standard InChI is InChI=1S/C5H3Cl3N2S/c6-5(7,8)4-9-2-1-3(11)10-4/h1-2H,(H,9,10,11). The van der Waals surface area contributed by atoms with Gasteiger partial charge in [-0.1, -0.05) is 47.0 Å². The zero-order valence-electron chi connectivity index (χ0n) is 5.14. The fraction of sp³-hybridized carbons (Fsp3) is 0.200. The number of hydrogen-bond donors (Lipinski definition) is 1. The monoisotopic (exact) mass is 228 g/mol. The maximum Gasteiger partial charge on any atom is 0.248 e. The van der Waals surface area contributed by atoms with E-state index in [4.69, 9.17) is 47.0 Å². The molecular weight excluding hydrogens is 226 g/mol. The fourth-order valence-electron chi connectivity index (χ4n) is 0.514. The van der Waals surface area contributed by atoms with Crippen molar-refractivity contribution in [3.8, 4) is 0 Å². The number of alkyl halides is 3. The van der Waals surface area contributed by atoms with E-state index in [2.05, 4.69) is 9.97 Å². The van der Waals surface area contributed by atoms with E-state index in [9.17, 15) is 0 Å². The molecule has 11 heavy (non-hydrogen) atoms. The van der Waals surface area contributed by atoms with E-state index in [1.54, 1.807) is 6.07 Å². The van der Waals surface area contributed by atoms with Gasteiger partial charge in [0.25, 0.3) is 0 Å². The number of halogens is 3. The smallest absolute Gasteiger partial charge is 0.248 e. The minimum Gasteiger partial charge on any atom is -0.331 e. The molecule has 0 unspecified atom stereocenters. The van der Waals surface area contributed by atoms with Crippen LogP contribution >= 0.6 is 47.0 Å². The lowest BCUT2D eigenvalue weighted by Crippen LogP contribution is -2.06. The number of aromatic amines is 1. The van der Waals surface area contributed by atoms with Crippen LogP contribution in [0.25, 0.3) is 0 Å². The third kappa shape index (κ3) is 2.60. The van der Waals surface area contributed by atoms with Crippen molar-refractivity contribution in [3.05, 3.63) is 22.7 Å². The lowest BCUT2D eigenvalue weighted by molar-refractivity contribution is 0.961. The van der Waals surface area contributed by atoms with E-state index in [1.165, 1.54) is 6.20 Å². The Kier molecular flexibility index (Phi) is 2.75. The zero-order chi connectivity index (χ0) is 8.48. The molecule has 1 heterocycles. The molecule has 0 radical (unpaired) electrons. The van der Waals surface area contributed by atoms with Crippen LogP contribution in [0.2, 0.25) is 0 Å². The first-order valence-corrected chi connectivity index (χ1v) is 4.17. The molecule has 0 amide bonds. The molecule has 0 fully saturated rings. The van der Waals surface area contributed by atoms with E-state index >= 15 is 0 Å². The molecule has 0 saturated carbocycles. The SMILES string of the molecule is S=c1ccnc(C(Cl)(Cl)Cl)[nH]1. The molecule has 0 atom stereocenters.